The third kappa shape index (κ3) is 1.83. The van der Waals surface area contributed by atoms with Crippen molar-refractivity contribution in [2.24, 2.45) is 0 Å². The van der Waals surface area contributed by atoms with E-state index in [1.54, 1.807) is 0 Å². The Morgan fingerprint density at radius 3 is 2.41 bits per heavy atom. The highest BCUT2D eigenvalue weighted by atomic mass is 16.6. The number of rotatable bonds is 1. The Balaban J connectivity index is 2.10. The lowest BCUT2D eigenvalue weighted by Gasteiger charge is -2.23. The van der Waals surface area contributed by atoms with Gasteiger partial charge in [-0.2, -0.15) is 0 Å². The summed E-state index contributed by atoms with van der Waals surface area (Å²) in [7, 11) is 0. The van der Waals surface area contributed by atoms with Gasteiger partial charge >= 0.3 is 0 Å². The fraction of sp³-hybridized carbons (Fsp3) is 0.0667. The summed E-state index contributed by atoms with van der Waals surface area (Å²) in [5.41, 5.74) is 2.77. The van der Waals surface area contributed by atoms with Gasteiger partial charge in [-0.25, -0.2) is 0 Å². The lowest BCUT2D eigenvalue weighted by molar-refractivity contribution is 0.0320. The molecule has 0 aliphatic carbocycles. The first kappa shape index (κ1) is 10.1. The maximum absolute atomic E-state index is 9.98. The van der Waals surface area contributed by atoms with Crippen molar-refractivity contribution >= 4 is 11.6 Å². The monoisotopic (exact) mass is 224 g/mol. The second kappa shape index (κ2) is 4.07. The molecule has 1 unspecified atom stereocenters. The lowest BCUT2D eigenvalue weighted by atomic mass is 10.00. The van der Waals surface area contributed by atoms with E-state index in [-0.39, 0.29) is 0 Å². The number of aliphatic hydroxyl groups excluding tert-OH is 1. The van der Waals surface area contributed by atoms with Gasteiger partial charge in [0.05, 0.1) is 0 Å². The zero-order chi connectivity index (χ0) is 11.7. The molecule has 2 nitrogen and oxygen atoms in total. The predicted molar refractivity (Wildman–Crippen MR) is 67.4 cm³/mol. The first-order valence-electron chi connectivity index (χ1n) is 5.55. The van der Waals surface area contributed by atoms with Crippen LogP contribution in [-0.4, -0.2) is 11.4 Å². The fourth-order valence-electron chi connectivity index (χ4n) is 1.99. The van der Waals surface area contributed by atoms with Gasteiger partial charge in [0.25, 0.3) is 0 Å². The van der Waals surface area contributed by atoms with Crippen LogP contribution in [0.15, 0.2) is 54.6 Å². The molecule has 0 fully saturated rings. The molecular formula is C15H12O2. The predicted octanol–water partition coefficient (Wildman–Crippen LogP) is 2.94. The summed E-state index contributed by atoms with van der Waals surface area (Å²) in [5, 5.41) is 9.98. The average Bonchev–Trinajstić information content (AvgIpc) is 2.39. The van der Waals surface area contributed by atoms with Gasteiger partial charge in [-0.15, -0.1) is 0 Å². The molecular weight excluding hydrogens is 212 g/mol. The quantitative estimate of drug-likeness (QED) is 0.807. The van der Waals surface area contributed by atoms with Crippen LogP contribution in [0.1, 0.15) is 11.1 Å². The van der Waals surface area contributed by atoms with E-state index in [0.29, 0.717) is 0 Å². The Bertz CT molecular complexity index is 558. The topological polar surface area (TPSA) is 29.5 Å². The van der Waals surface area contributed by atoms with Crippen LogP contribution in [0.25, 0.3) is 11.6 Å². The van der Waals surface area contributed by atoms with Crippen LogP contribution in [0.2, 0.25) is 0 Å². The number of fused-ring (bicyclic) bond motifs is 1. The minimum absolute atomic E-state index is 0.722. The van der Waals surface area contributed by atoms with Crippen LogP contribution >= 0.6 is 0 Å². The van der Waals surface area contributed by atoms with Crippen molar-refractivity contribution in [3.63, 3.8) is 0 Å². The highest BCUT2D eigenvalue weighted by molar-refractivity contribution is 5.86. The SMILES string of the molecule is OC1Oc2ccccc2C=C1c1ccccc1. The number of benzene rings is 2. The van der Waals surface area contributed by atoms with E-state index in [0.717, 1.165) is 22.4 Å². The maximum Gasteiger partial charge on any atom is 0.224 e. The van der Waals surface area contributed by atoms with Gasteiger partial charge in [0.15, 0.2) is 0 Å². The first-order valence-corrected chi connectivity index (χ1v) is 5.55. The van der Waals surface area contributed by atoms with Crippen molar-refractivity contribution in [1.82, 2.24) is 0 Å². The molecule has 0 aromatic heterocycles. The van der Waals surface area contributed by atoms with E-state index in [1.807, 2.05) is 60.7 Å². The van der Waals surface area contributed by atoms with Gasteiger partial charge in [0.2, 0.25) is 6.29 Å². The summed E-state index contributed by atoms with van der Waals surface area (Å²) < 4.78 is 5.49. The number of aliphatic hydroxyl groups is 1. The van der Waals surface area contributed by atoms with E-state index in [2.05, 4.69) is 0 Å². The molecule has 1 aliphatic heterocycles. The third-order valence-electron chi connectivity index (χ3n) is 2.84. The van der Waals surface area contributed by atoms with Gasteiger partial charge in [0, 0.05) is 11.1 Å². The number of ether oxygens (including phenoxy) is 1. The smallest absolute Gasteiger partial charge is 0.224 e. The van der Waals surface area contributed by atoms with Gasteiger partial charge in [-0.3, -0.25) is 0 Å². The molecule has 0 amide bonds. The summed E-state index contributed by atoms with van der Waals surface area (Å²) in [4.78, 5) is 0. The van der Waals surface area contributed by atoms with Crippen LogP contribution < -0.4 is 4.74 Å². The molecule has 0 radical (unpaired) electrons. The molecule has 17 heavy (non-hydrogen) atoms. The van der Waals surface area contributed by atoms with Crippen molar-refractivity contribution in [2.75, 3.05) is 0 Å². The zero-order valence-electron chi connectivity index (χ0n) is 9.21. The molecule has 2 heteroatoms. The summed E-state index contributed by atoms with van der Waals surface area (Å²) in [6.45, 7) is 0. The van der Waals surface area contributed by atoms with Crippen molar-refractivity contribution < 1.29 is 9.84 Å². The Morgan fingerprint density at radius 1 is 0.882 bits per heavy atom. The third-order valence-corrected chi connectivity index (χ3v) is 2.84. The van der Waals surface area contributed by atoms with E-state index < -0.39 is 6.29 Å². The minimum atomic E-state index is -0.896. The van der Waals surface area contributed by atoms with Crippen LogP contribution in [0.5, 0.6) is 5.75 Å². The van der Waals surface area contributed by atoms with E-state index in [1.165, 1.54) is 0 Å². The molecule has 1 heterocycles. The van der Waals surface area contributed by atoms with Gasteiger partial charge in [-0.1, -0.05) is 48.5 Å². The molecule has 0 saturated heterocycles. The van der Waals surface area contributed by atoms with Crippen molar-refractivity contribution in [1.29, 1.82) is 0 Å². The van der Waals surface area contributed by atoms with Crippen molar-refractivity contribution in [3.05, 3.63) is 65.7 Å². The first-order chi connectivity index (χ1) is 8.34. The standard InChI is InChI=1S/C15H12O2/c16-15-13(11-6-2-1-3-7-11)10-12-8-4-5-9-14(12)17-15/h1-10,15-16H. The molecule has 0 spiro atoms. The van der Waals surface area contributed by atoms with Gasteiger partial charge in [0.1, 0.15) is 5.75 Å². The van der Waals surface area contributed by atoms with Gasteiger partial charge in [-0.05, 0) is 17.7 Å². The van der Waals surface area contributed by atoms with Crippen molar-refractivity contribution in [3.8, 4) is 5.75 Å². The highest BCUT2D eigenvalue weighted by Crippen LogP contribution is 2.32. The van der Waals surface area contributed by atoms with Crippen LogP contribution in [0.3, 0.4) is 0 Å². The minimum Gasteiger partial charge on any atom is -0.460 e. The molecule has 84 valence electrons. The molecule has 1 N–H and O–H groups in total. The highest BCUT2D eigenvalue weighted by Gasteiger charge is 2.20. The molecule has 2 aromatic carbocycles. The van der Waals surface area contributed by atoms with Gasteiger partial charge < -0.3 is 9.84 Å². The second-order valence-corrected chi connectivity index (χ2v) is 3.97. The Kier molecular flexibility index (Phi) is 2.42. The number of hydrogen-bond acceptors (Lipinski definition) is 2. The number of hydrogen-bond donors (Lipinski definition) is 1. The largest absolute Gasteiger partial charge is 0.460 e. The molecule has 0 saturated carbocycles. The average molecular weight is 224 g/mol. The zero-order valence-corrected chi connectivity index (χ0v) is 9.21. The molecule has 2 aromatic rings. The van der Waals surface area contributed by atoms with Crippen LogP contribution in [0, 0.1) is 0 Å². The van der Waals surface area contributed by atoms with E-state index in [9.17, 15) is 5.11 Å². The van der Waals surface area contributed by atoms with Crippen LogP contribution in [-0.2, 0) is 0 Å². The normalized spacial score (nSPS) is 17.9. The van der Waals surface area contributed by atoms with Crippen LogP contribution in [0.4, 0.5) is 0 Å². The van der Waals surface area contributed by atoms with E-state index in [4.69, 9.17) is 4.74 Å². The molecule has 0 bridgehead atoms. The Labute approximate surface area is 99.8 Å². The molecule has 1 aliphatic rings. The summed E-state index contributed by atoms with van der Waals surface area (Å²) in [6.07, 6.45) is 1.08. The summed E-state index contributed by atoms with van der Waals surface area (Å²) >= 11 is 0. The number of para-hydroxylation sites is 1. The summed E-state index contributed by atoms with van der Waals surface area (Å²) in [5.74, 6) is 0.722. The lowest BCUT2D eigenvalue weighted by Crippen LogP contribution is -2.20. The second-order valence-electron chi connectivity index (χ2n) is 3.97. The van der Waals surface area contributed by atoms with E-state index >= 15 is 0 Å². The molecule has 1 atom stereocenters. The Hall–Kier alpha value is -2.06. The molecule has 3 rings (SSSR count). The maximum atomic E-state index is 9.98. The van der Waals surface area contributed by atoms with Crippen molar-refractivity contribution in [2.45, 2.75) is 6.29 Å². The Morgan fingerprint density at radius 2 is 1.59 bits per heavy atom. The summed E-state index contributed by atoms with van der Waals surface area (Å²) in [6, 6.07) is 17.5. The fourth-order valence-corrected chi connectivity index (χ4v) is 1.99.